The zero-order valence-electron chi connectivity index (χ0n) is 10.6. The second kappa shape index (κ2) is 4.29. The Bertz CT molecular complexity index is 499. The summed E-state index contributed by atoms with van der Waals surface area (Å²) in [7, 11) is 1.90. The van der Waals surface area contributed by atoms with Gasteiger partial charge in [0.05, 0.1) is 18.1 Å². The number of aromatic nitrogens is 4. The molecule has 0 fully saturated rings. The van der Waals surface area contributed by atoms with Crippen molar-refractivity contribution < 1.29 is 4.52 Å². The van der Waals surface area contributed by atoms with Crippen LogP contribution in [-0.4, -0.2) is 26.2 Å². The van der Waals surface area contributed by atoms with Gasteiger partial charge in [0.2, 0.25) is 11.7 Å². The molecule has 0 aliphatic heterocycles. The number of rotatable bonds is 4. The van der Waals surface area contributed by atoms with E-state index < -0.39 is 0 Å². The van der Waals surface area contributed by atoms with Crippen LogP contribution in [-0.2, 0) is 12.6 Å². The molecular weight excluding hydrogens is 218 g/mol. The maximum absolute atomic E-state index is 5.30. The van der Waals surface area contributed by atoms with Crippen molar-refractivity contribution in [3.8, 4) is 11.5 Å². The Balaban J connectivity index is 2.31. The molecule has 0 aromatic carbocycles. The predicted octanol–water partition coefficient (Wildman–Crippen LogP) is 1.31. The normalized spacial score (nSPS) is 12.0. The second-order valence-corrected chi connectivity index (χ2v) is 4.47. The number of aryl methyl sites for hydroxylation is 1. The molecule has 0 saturated heterocycles. The molecule has 2 aromatic rings. The Morgan fingerprint density at radius 2 is 2.24 bits per heavy atom. The molecule has 0 bridgehead atoms. The zero-order chi connectivity index (χ0) is 12.5. The van der Waals surface area contributed by atoms with Gasteiger partial charge in [0.15, 0.2) is 0 Å². The molecule has 0 spiro atoms. The van der Waals surface area contributed by atoms with Crippen LogP contribution in [0.25, 0.3) is 11.5 Å². The highest BCUT2D eigenvalue weighted by atomic mass is 16.5. The van der Waals surface area contributed by atoms with Crippen molar-refractivity contribution in [2.75, 3.05) is 6.54 Å². The molecule has 0 aliphatic carbocycles. The number of hydrogen-bond acceptors (Lipinski definition) is 5. The Morgan fingerprint density at radius 1 is 1.47 bits per heavy atom. The van der Waals surface area contributed by atoms with Gasteiger partial charge in [0.25, 0.3) is 0 Å². The first-order valence-electron chi connectivity index (χ1n) is 5.60. The molecule has 0 amide bonds. The van der Waals surface area contributed by atoms with Crippen LogP contribution in [0, 0.1) is 0 Å². The van der Waals surface area contributed by atoms with Crippen LogP contribution >= 0.6 is 0 Å². The minimum absolute atomic E-state index is 0.321. The third-order valence-corrected chi connectivity index (χ3v) is 2.63. The summed E-state index contributed by atoms with van der Waals surface area (Å²) in [6, 6.07) is 0. The first-order valence-corrected chi connectivity index (χ1v) is 5.60. The van der Waals surface area contributed by atoms with Crippen LogP contribution in [0.15, 0.2) is 17.0 Å². The summed E-state index contributed by atoms with van der Waals surface area (Å²) in [4.78, 5) is 8.43. The van der Waals surface area contributed by atoms with E-state index in [1.165, 1.54) is 0 Å². The van der Waals surface area contributed by atoms with E-state index in [9.17, 15) is 0 Å². The fraction of sp³-hybridized carbons (Fsp3) is 0.545. The van der Waals surface area contributed by atoms with Gasteiger partial charge in [-0.2, -0.15) is 4.98 Å². The zero-order valence-corrected chi connectivity index (χ0v) is 10.6. The molecule has 2 aromatic heterocycles. The molecular formula is C11H17N5O. The van der Waals surface area contributed by atoms with Gasteiger partial charge in [-0.15, -0.1) is 0 Å². The number of hydrogen-bond donors (Lipinski definition) is 1. The average Bonchev–Trinajstić information content (AvgIpc) is 2.85. The van der Waals surface area contributed by atoms with Crippen LogP contribution in [0.1, 0.15) is 26.7 Å². The van der Waals surface area contributed by atoms with Crippen molar-refractivity contribution in [2.24, 2.45) is 7.05 Å². The fourth-order valence-corrected chi connectivity index (χ4v) is 1.67. The van der Waals surface area contributed by atoms with E-state index >= 15 is 0 Å². The van der Waals surface area contributed by atoms with Gasteiger partial charge in [0, 0.05) is 7.05 Å². The highest BCUT2D eigenvalue weighted by molar-refractivity contribution is 5.47. The van der Waals surface area contributed by atoms with Crippen molar-refractivity contribution in [1.82, 2.24) is 25.0 Å². The molecule has 6 nitrogen and oxygen atoms in total. The lowest BCUT2D eigenvalue weighted by molar-refractivity contribution is 0.272. The molecule has 92 valence electrons. The van der Waals surface area contributed by atoms with Gasteiger partial charge in [-0.05, 0) is 20.4 Å². The largest absolute Gasteiger partial charge is 0.337 e. The van der Waals surface area contributed by atoms with Gasteiger partial charge in [-0.3, -0.25) is 0 Å². The molecule has 2 rings (SSSR count). The van der Waals surface area contributed by atoms with Crippen LogP contribution in [0.5, 0.6) is 0 Å². The standard InChI is InChI=1S/C11H17N5O/c1-5-13-11(2,3)10-14-9(15-17-10)8-6-12-7-16(8)4/h6-7,13H,5H2,1-4H3. The van der Waals surface area contributed by atoms with E-state index in [-0.39, 0.29) is 5.54 Å². The van der Waals surface area contributed by atoms with Crippen molar-refractivity contribution in [1.29, 1.82) is 0 Å². The number of nitrogens with one attached hydrogen (secondary N) is 1. The molecule has 2 heterocycles. The van der Waals surface area contributed by atoms with Gasteiger partial charge in [0.1, 0.15) is 5.69 Å². The van der Waals surface area contributed by atoms with Crippen LogP contribution < -0.4 is 5.32 Å². The SMILES string of the molecule is CCNC(C)(C)c1nc(-c2cncn2C)no1. The lowest BCUT2D eigenvalue weighted by atomic mass is 10.1. The van der Waals surface area contributed by atoms with Crippen LogP contribution in [0.2, 0.25) is 0 Å². The molecule has 0 aliphatic rings. The summed E-state index contributed by atoms with van der Waals surface area (Å²) in [5.74, 6) is 1.14. The summed E-state index contributed by atoms with van der Waals surface area (Å²) in [6.07, 6.45) is 3.43. The quantitative estimate of drug-likeness (QED) is 0.865. The number of imidazole rings is 1. The topological polar surface area (TPSA) is 68.8 Å². The monoisotopic (exact) mass is 235 g/mol. The van der Waals surface area contributed by atoms with Crippen LogP contribution in [0.3, 0.4) is 0 Å². The summed E-state index contributed by atoms with van der Waals surface area (Å²) < 4.78 is 7.15. The van der Waals surface area contributed by atoms with Crippen LogP contribution in [0.4, 0.5) is 0 Å². The Kier molecular flexibility index (Phi) is 2.97. The van der Waals surface area contributed by atoms with Gasteiger partial charge >= 0.3 is 0 Å². The van der Waals surface area contributed by atoms with Crippen molar-refractivity contribution in [3.63, 3.8) is 0 Å². The van der Waals surface area contributed by atoms with E-state index in [0.717, 1.165) is 12.2 Å². The van der Waals surface area contributed by atoms with Gasteiger partial charge in [-0.25, -0.2) is 4.98 Å². The predicted molar refractivity (Wildman–Crippen MR) is 63.2 cm³/mol. The van der Waals surface area contributed by atoms with Gasteiger partial charge in [-0.1, -0.05) is 12.1 Å². The summed E-state index contributed by atoms with van der Waals surface area (Å²) in [6.45, 7) is 6.91. The first kappa shape index (κ1) is 11.8. The van der Waals surface area contributed by atoms with E-state index in [2.05, 4.69) is 20.4 Å². The first-order chi connectivity index (χ1) is 8.04. The smallest absolute Gasteiger partial charge is 0.246 e. The van der Waals surface area contributed by atoms with E-state index in [4.69, 9.17) is 4.52 Å². The average molecular weight is 235 g/mol. The molecule has 6 heteroatoms. The third-order valence-electron chi connectivity index (χ3n) is 2.63. The molecule has 17 heavy (non-hydrogen) atoms. The number of nitrogens with zero attached hydrogens (tertiary/aromatic N) is 4. The van der Waals surface area contributed by atoms with E-state index in [1.807, 2.05) is 32.4 Å². The third kappa shape index (κ3) is 2.21. The highest BCUT2D eigenvalue weighted by Crippen LogP contribution is 2.21. The molecule has 0 atom stereocenters. The Labute approximate surface area is 100 Å². The maximum atomic E-state index is 5.30. The minimum Gasteiger partial charge on any atom is -0.337 e. The van der Waals surface area contributed by atoms with Gasteiger partial charge < -0.3 is 14.4 Å². The lowest BCUT2D eigenvalue weighted by Crippen LogP contribution is -2.36. The molecule has 0 radical (unpaired) electrons. The second-order valence-electron chi connectivity index (χ2n) is 4.47. The summed E-state index contributed by atoms with van der Waals surface area (Å²) >= 11 is 0. The lowest BCUT2D eigenvalue weighted by Gasteiger charge is -2.20. The van der Waals surface area contributed by atoms with E-state index in [0.29, 0.717) is 11.7 Å². The summed E-state index contributed by atoms with van der Waals surface area (Å²) in [5, 5.41) is 7.27. The maximum Gasteiger partial charge on any atom is 0.246 e. The van der Waals surface area contributed by atoms with Crippen molar-refractivity contribution >= 4 is 0 Å². The minimum atomic E-state index is -0.321. The van der Waals surface area contributed by atoms with Crippen molar-refractivity contribution in [2.45, 2.75) is 26.3 Å². The van der Waals surface area contributed by atoms with Crippen molar-refractivity contribution in [3.05, 3.63) is 18.4 Å². The van der Waals surface area contributed by atoms with E-state index in [1.54, 1.807) is 12.5 Å². The Morgan fingerprint density at radius 3 is 2.82 bits per heavy atom. The fourth-order valence-electron chi connectivity index (χ4n) is 1.67. The molecule has 1 N–H and O–H groups in total. The highest BCUT2D eigenvalue weighted by Gasteiger charge is 2.27. The summed E-state index contributed by atoms with van der Waals surface area (Å²) in [5.41, 5.74) is 0.519. The molecule has 0 unspecified atom stereocenters. The molecule has 0 saturated carbocycles. The Hall–Kier alpha value is -1.69.